The van der Waals surface area contributed by atoms with E-state index < -0.39 is 17.5 Å². The summed E-state index contributed by atoms with van der Waals surface area (Å²) in [6.45, 7) is 0. The van der Waals surface area contributed by atoms with Crippen LogP contribution in [0, 0.1) is 11.6 Å². The van der Waals surface area contributed by atoms with E-state index in [1.807, 2.05) is 18.2 Å². The monoisotopic (exact) mass is 385 g/mol. The Hall–Kier alpha value is -3.13. The van der Waals surface area contributed by atoms with Gasteiger partial charge in [0, 0.05) is 23.1 Å². The van der Waals surface area contributed by atoms with Crippen LogP contribution in [0.2, 0.25) is 0 Å². The number of carbonyl (C=O) groups excluding carboxylic acids is 2. The van der Waals surface area contributed by atoms with E-state index in [1.54, 1.807) is 5.38 Å². The molecule has 1 aliphatic rings. The normalized spacial score (nSPS) is 13.0. The lowest BCUT2D eigenvalue weighted by Gasteiger charge is -2.17. The van der Waals surface area contributed by atoms with Gasteiger partial charge in [0.25, 0.3) is 5.91 Å². The van der Waals surface area contributed by atoms with Gasteiger partial charge in [-0.3, -0.25) is 14.9 Å². The van der Waals surface area contributed by atoms with Crippen LogP contribution in [0.1, 0.15) is 22.3 Å². The van der Waals surface area contributed by atoms with E-state index in [1.165, 1.54) is 11.3 Å². The Morgan fingerprint density at radius 3 is 2.85 bits per heavy atom. The van der Waals surface area contributed by atoms with Crippen LogP contribution in [0.25, 0.3) is 11.3 Å². The quantitative estimate of drug-likeness (QED) is 0.709. The van der Waals surface area contributed by atoms with Gasteiger partial charge >= 0.3 is 0 Å². The van der Waals surface area contributed by atoms with Gasteiger partial charge < -0.3 is 5.32 Å². The number of carbonyl (C=O) groups is 2. The zero-order valence-electron chi connectivity index (χ0n) is 13.9. The number of thiazole rings is 1. The van der Waals surface area contributed by atoms with Gasteiger partial charge in [-0.1, -0.05) is 6.07 Å². The van der Waals surface area contributed by atoms with Gasteiger partial charge in [0.15, 0.2) is 5.13 Å². The minimum atomic E-state index is -0.803. The standard InChI is InChI=1S/C19H13F2N3O2S/c20-12-3-4-14(21)13(8-12)18(26)24-19-23-16(9-27-19)11-1-5-15-10(7-11)2-6-17(25)22-15/h1,3-5,7-9H,2,6H2,(H,22,25)(H,23,24,26). The molecular formula is C19H13F2N3O2S. The van der Waals surface area contributed by atoms with Gasteiger partial charge in [-0.2, -0.15) is 0 Å². The zero-order chi connectivity index (χ0) is 19.0. The first-order valence-electron chi connectivity index (χ1n) is 8.15. The molecule has 2 aromatic carbocycles. The van der Waals surface area contributed by atoms with Crippen molar-refractivity contribution >= 4 is 34.0 Å². The Kier molecular flexibility index (Phi) is 4.41. The lowest BCUT2D eigenvalue weighted by atomic mass is 9.99. The summed E-state index contributed by atoms with van der Waals surface area (Å²) in [4.78, 5) is 27.9. The summed E-state index contributed by atoms with van der Waals surface area (Å²) in [5.74, 6) is -2.26. The number of nitrogens with one attached hydrogen (secondary N) is 2. The average molecular weight is 385 g/mol. The van der Waals surface area contributed by atoms with Gasteiger partial charge in [0.05, 0.1) is 11.3 Å². The molecule has 1 aliphatic heterocycles. The van der Waals surface area contributed by atoms with Crippen LogP contribution in [0.4, 0.5) is 19.6 Å². The molecule has 4 rings (SSSR count). The van der Waals surface area contributed by atoms with E-state index in [0.29, 0.717) is 18.5 Å². The fraction of sp³-hybridized carbons (Fsp3) is 0.105. The number of hydrogen-bond acceptors (Lipinski definition) is 4. The molecule has 0 bridgehead atoms. The number of aryl methyl sites for hydroxylation is 1. The first-order chi connectivity index (χ1) is 13.0. The molecule has 1 aromatic heterocycles. The van der Waals surface area contributed by atoms with Crippen LogP contribution in [-0.2, 0) is 11.2 Å². The lowest BCUT2D eigenvalue weighted by Crippen LogP contribution is -2.18. The Morgan fingerprint density at radius 1 is 1.15 bits per heavy atom. The number of nitrogens with zero attached hydrogens (tertiary/aromatic N) is 1. The number of amides is 2. The molecule has 3 aromatic rings. The molecular weight excluding hydrogens is 372 g/mol. The third-order valence-electron chi connectivity index (χ3n) is 4.19. The number of halogens is 2. The molecule has 2 N–H and O–H groups in total. The third-order valence-corrected chi connectivity index (χ3v) is 4.95. The first-order valence-corrected chi connectivity index (χ1v) is 9.02. The Bertz CT molecular complexity index is 1060. The molecule has 27 heavy (non-hydrogen) atoms. The molecule has 0 spiro atoms. The Labute approximate surface area is 157 Å². The van der Waals surface area contributed by atoms with Crippen LogP contribution >= 0.6 is 11.3 Å². The van der Waals surface area contributed by atoms with E-state index in [4.69, 9.17) is 0 Å². The summed E-state index contributed by atoms with van der Waals surface area (Å²) >= 11 is 1.19. The van der Waals surface area contributed by atoms with Crippen LogP contribution < -0.4 is 10.6 Å². The molecule has 0 saturated carbocycles. The number of benzene rings is 2. The average Bonchev–Trinajstić information content (AvgIpc) is 3.11. The molecule has 0 saturated heterocycles. The van der Waals surface area contributed by atoms with E-state index in [2.05, 4.69) is 15.6 Å². The van der Waals surface area contributed by atoms with E-state index in [-0.39, 0.29) is 16.6 Å². The van der Waals surface area contributed by atoms with Crippen LogP contribution in [0.15, 0.2) is 41.8 Å². The second kappa shape index (κ2) is 6.88. The summed E-state index contributed by atoms with van der Waals surface area (Å²) < 4.78 is 27.0. The van der Waals surface area contributed by atoms with Gasteiger partial charge in [-0.15, -0.1) is 11.3 Å². The minimum absolute atomic E-state index is 0.00140. The van der Waals surface area contributed by atoms with Crippen molar-refractivity contribution in [1.82, 2.24) is 4.98 Å². The third kappa shape index (κ3) is 3.56. The number of anilines is 2. The zero-order valence-corrected chi connectivity index (χ0v) is 14.7. The molecule has 0 unspecified atom stereocenters. The van der Waals surface area contributed by atoms with Crippen molar-refractivity contribution < 1.29 is 18.4 Å². The largest absolute Gasteiger partial charge is 0.326 e. The molecule has 8 heteroatoms. The van der Waals surface area contributed by atoms with Gasteiger partial charge in [-0.05, 0) is 42.3 Å². The summed E-state index contributed by atoms with van der Waals surface area (Å²) in [6, 6.07) is 8.30. The fourth-order valence-electron chi connectivity index (χ4n) is 2.84. The molecule has 5 nitrogen and oxygen atoms in total. The van der Waals surface area contributed by atoms with Crippen LogP contribution in [0.3, 0.4) is 0 Å². The van der Waals surface area contributed by atoms with Crippen molar-refractivity contribution in [1.29, 1.82) is 0 Å². The number of hydrogen-bond donors (Lipinski definition) is 2. The molecule has 0 fully saturated rings. The van der Waals surface area contributed by atoms with Gasteiger partial charge in [0.2, 0.25) is 5.91 Å². The van der Waals surface area contributed by atoms with Crippen molar-refractivity contribution in [2.24, 2.45) is 0 Å². The fourth-order valence-corrected chi connectivity index (χ4v) is 3.56. The van der Waals surface area contributed by atoms with E-state index >= 15 is 0 Å². The second-order valence-corrected chi connectivity index (χ2v) is 6.89. The van der Waals surface area contributed by atoms with E-state index in [0.717, 1.165) is 35.0 Å². The maximum absolute atomic E-state index is 13.7. The highest BCUT2D eigenvalue weighted by molar-refractivity contribution is 7.14. The van der Waals surface area contributed by atoms with Crippen LogP contribution in [-0.4, -0.2) is 16.8 Å². The molecule has 0 radical (unpaired) electrons. The lowest BCUT2D eigenvalue weighted by molar-refractivity contribution is -0.116. The van der Waals surface area contributed by atoms with Crippen LogP contribution in [0.5, 0.6) is 0 Å². The number of rotatable bonds is 3. The minimum Gasteiger partial charge on any atom is -0.326 e. The molecule has 0 atom stereocenters. The molecule has 2 heterocycles. The second-order valence-electron chi connectivity index (χ2n) is 6.04. The van der Waals surface area contributed by atoms with Crippen molar-refractivity contribution in [3.63, 3.8) is 0 Å². The SMILES string of the molecule is O=C1CCc2cc(-c3csc(NC(=O)c4cc(F)ccc4F)n3)ccc2N1. The highest BCUT2D eigenvalue weighted by Gasteiger charge is 2.17. The molecule has 136 valence electrons. The van der Waals surface area contributed by atoms with Gasteiger partial charge in [-0.25, -0.2) is 13.8 Å². The Balaban J connectivity index is 1.54. The van der Waals surface area contributed by atoms with Crippen molar-refractivity contribution in [2.75, 3.05) is 10.6 Å². The maximum atomic E-state index is 13.7. The smallest absolute Gasteiger partial charge is 0.260 e. The highest BCUT2D eigenvalue weighted by Crippen LogP contribution is 2.30. The number of aromatic nitrogens is 1. The maximum Gasteiger partial charge on any atom is 0.260 e. The first kappa shape index (κ1) is 17.3. The highest BCUT2D eigenvalue weighted by atomic mass is 32.1. The van der Waals surface area contributed by atoms with Crippen molar-refractivity contribution in [3.05, 3.63) is 64.5 Å². The summed E-state index contributed by atoms with van der Waals surface area (Å²) in [5, 5.41) is 7.35. The van der Waals surface area contributed by atoms with Gasteiger partial charge in [0.1, 0.15) is 11.6 Å². The summed E-state index contributed by atoms with van der Waals surface area (Å²) in [5.41, 5.74) is 2.93. The van der Waals surface area contributed by atoms with E-state index in [9.17, 15) is 18.4 Å². The summed E-state index contributed by atoms with van der Waals surface area (Å²) in [6.07, 6.45) is 1.09. The Morgan fingerprint density at radius 2 is 2.00 bits per heavy atom. The topological polar surface area (TPSA) is 71.1 Å². The predicted molar refractivity (Wildman–Crippen MR) is 98.8 cm³/mol. The molecule has 0 aliphatic carbocycles. The summed E-state index contributed by atoms with van der Waals surface area (Å²) in [7, 11) is 0. The van der Waals surface area contributed by atoms with Crippen molar-refractivity contribution in [2.45, 2.75) is 12.8 Å². The predicted octanol–water partition coefficient (Wildman–Crippen LogP) is 4.23. The van der Waals surface area contributed by atoms with Crippen molar-refractivity contribution in [3.8, 4) is 11.3 Å². The molecule has 2 amide bonds. The number of fused-ring (bicyclic) bond motifs is 1.